The summed E-state index contributed by atoms with van der Waals surface area (Å²) in [6, 6.07) is 0.551. The van der Waals surface area contributed by atoms with Crippen LogP contribution in [0, 0.1) is 0 Å². The number of nitrogens with one attached hydrogen (secondary N) is 1. The SMILES string of the molecule is CSCCNC(C)CC(C)Cl. The molecule has 1 N–H and O–H groups in total. The van der Waals surface area contributed by atoms with Crippen LogP contribution in [0.5, 0.6) is 0 Å². The van der Waals surface area contributed by atoms with Gasteiger partial charge in [-0.25, -0.2) is 0 Å². The van der Waals surface area contributed by atoms with Crippen LogP contribution >= 0.6 is 23.4 Å². The second-order valence-electron chi connectivity index (χ2n) is 2.86. The summed E-state index contributed by atoms with van der Waals surface area (Å²) in [5.74, 6) is 1.18. The van der Waals surface area contributed by atoms with Gasteiger partial charge in [0.05, 0.1) is 0 Å². The lowest BCUT2D eigenvalue weighted by atomic mass is 10.2. The van der Waals surface area contributed by atoms with Gasteiger partial charge in [-0.2, -0.15) is 11.8 Å². The first-order valence-corrected chi connectivity index (χ1v) is 5.86. The standard InChI is InChI=1S/C8H18ClNS/c1-7(9)6-8(2)10-4-5-11-3/h7-8,10H,4-6H2,1-3H3. The van der Waals surface area contributed by atoms with E-state index in [1.807, 2.05) is 18.7 Å². The van der Waals surface area contributed by atoms with Gasteiger partial charge in [0.2, 0.25) is 0 Å². The molecule has 0 rings (SSSR count). The highest BCUT2D eigenvalue weighted by Crippen LogP contribution is 2.03. The number of hydrogen-bond donors (Lipinski definition) is 1. The summed E-state index contributed by atoms with van der Waals surface area (Å²) in [7, 11) is 0. The summed E-state index contributed by atoms with van der Waals surface area (Å²) in [5, 5.41) is 3.69. The second-order valence-corrected chi connectivity index (χ2v) is 4.60. The minimum atomic E-state index is 0.284. The Morgan fingerprint density at radius 3 is 2.55 bits per heavy atom. The van der Waals surface area contributed by atoms with Crippen molar-refractivity contribution in [2.75, 3.05) is 18.6 Å². The fourth-order valence-electron chi connectivity index (χ4n) is 0.978. The van der Waals surface area contributed by atoms with E-state index in [0.29, 0.717) is 6.04 Å². The third kappa shape index (κ3) is 8.51. The number of alkyl halides is 1. The van der Waals surface area contributed by atoms with Crippen molar-refractivity contribution < 1.29 is 0 Å². The Hall–Kier alpha value is 0.600. The lowest BCUT2D eigenvalue weighted by molar-refractivity contribution is 0.530. The number of halogens is 1. The first-order valence-electron chi connectivity index (χ1n) is 4.03. The molecule has 0 amide bonds. The fraction of sp³-hybridized carbons (Fsp3) is 1.00. The Morgan fingerprint density at radius 2 is 2.09 bits per heavy atom. The van der Waals surface area contributed by atoms with E-state index in [9.17, 15) is 0 Å². The maximum atomic E-state index is 5.84. The van der Waals surface area contributed by atoms with Crippen LogP contribution in [0.1, 0.15) is 20.3 Å². The predicted molar refractivity (Wildman–Crippen MR) is 55.8 cm³/mol. The predicted octanol–water partition coefficient (Wildman–Crippen LogP) is 2.34. The van der Waals surface area contributed by atoms with E-state index in [0.717, 1.165) is 13.0 Å². The first-order chi connectivity index (χ1) is 5.16. The molecule has 11 heavy (non-hydrogen) atoms. The van der Waals surface area contributed by atoms with Crippen LogP contribution in [0.25, 0.3) is 0 Å². The van der Waals surface area contributed by atoms with Crippen molar-refractivity contribution in [1.29, 1.82) is 0 Å². The number of rotatable bonds is 6. The average molecular weight is 196 g/mol. The van der Waals surface area contributed by atoms with Crippen molar-refractivity contribution >= 4 is 23.4 Å². The van der Waals surface area contributed by atoms with E-state index in [1.165, 1.54) is 5.75 Å². The van der Waals surface area contributed by atoms with Gasteiger partial charge in [0.25, 0.3) is 0 Å². The van der Waals surface area contributed by atoms with Gasteiger partial charge in [-0.15, -0.1) is 11.6 Å². The largest absolute Gasteiger partial charge is 0.313 e. The maximum Gasteiger partial charge on any atom is 0.0322 e. The Morgan fingerprint density at radius 1 is 1.45 bits per heavy atom. The second kappa shape index (κ2) is 7.26. The smallest absolute Gasteiger partial charge is 0.0322 e. The fourth-order valence-corrected chi connectivity index (χ4v) is 1.57. The van der Waals surface area contributed by atoms with Gasteiger partial charge < -0.3 is 5.32 Å². The zero-order chi connectivity index (χ0) is 8.69. The van der Waals surface area contributed by atoms with E-state index >= 15 is 0 Å². The van der Waals surface area contributed by atoms with Gasteiger partial charge in [0.1, 0.15) is 0 Å². The lowest BCUT2D eigenvalue weighted by Gasteiger charge is -2.13. The summed E-state index contributed by atoms with van der Waals surface area (Å²) < 4.78 is 0. The molecule has 0 aromatic heterocycles. The van der Waals surface area contributed by atoms with Crippen LogP contribution in [-0.2, 0) is 0 Å². The first kappa shape index (κ1) is 11.6. The van der Waals surface area contributed by atoms with Crippen LogP contribution in [0.15, 0.2) is 0 Å². The molecule has 68 valence electrons. The van der Waals surface area contributed by atoms with Gasteiger partial charge in [-0.3, -0.25) is 0 Å². The van der Waals surface area contributed by atoms with Gasteiger partial charge in [0.15, 0.2) is 0 Å². The molecule has 0 aromatic rings. The molecule has 0 saturated heterocycles. The van der Waals surface area contributed by atoms with E-state index < -0.39 is 0 Å². The molecule has 0 radical (unpaired) electrons. The molecule has 0 aromatic carbocycles. The Kier molecular flexibility index (Phi) is 7.66. The van der Waals surface area contributed by atoms with Crippen LogP contribution in [-0.4, -0.2) is 30.0 Å². The van der Waals surface area contributed by atoms with Gasteiger partial charge in [-0.1, -0.05) is 0 Å². The molecule has 0 saturated carbocycles. The van der Waals surface area contributed by atoms with Crippen LogP contribution in [0.3, 0.4) is 0 Å². The third-order valence-corrected chi connectivity index (χ3v) is 2.27. The van der Waals surface area contributed by atoms with Crippen molar-refractivity contribution in [1.82, 2.24) is 5.32 Å². The van der Waals surface area contributed by atoms with E-state index in [4.69, 9.17) is 11.6 Å². The van der Waals surface area contributed by atoms with Crippen molar-refractivity contribution in [2.45, 2.75) is 31.7 Å². The van der Waals surface area contributed by atoms with Crippen molar-refractivity contribution in [3.8, 4) is 0 Å². The molecule has 0 aliphatic heterocycles. The topological polar surface area (TPSA) is 12.0 Å². The average Bonchev–Trinajstić information content (AvgIpc) is 1.86. The molecule has 2 atom stereocenters. The summed E-state index contributed by atoms with van der Waals surface area (Å²) in [6.07, 6.45) is 3.17. The summed E-state index contributed by atoms with van der Waals surface area (Å²) in [4.78, 5) is 0. The Balaban J connectivity index is 3.15. The molecule has 0 bridgehead atoms. The molecule has 0 spiro atoms. The molecular weight excluding hydrogens is 178 g/mol. The number of thioether (sulfide) groups is 1. The molecule has 3 heteroatoms. The van der Waals surface area contributed by atoms with Crippen molar-refractivity contribution in [3.63, 3.8) is 0 Å². The molecule has 0 aliphatic carbocycles. The minimum Gasteiger partial charge on any atom is -0.313 e. The van der Waals surface area contributed by atoms with Crippen LogP contribution in [0.2, 0.25) is 0 Å². The molecule has 0 heterocycles. The van der Waals surface area contributed by atoms with Crippen molar-refractivity contribution in [2.24, 2.45) is 0 Å². The van der Waals surface area contributed by atoms with Gasteiger partial charge in [-0.05, 0) is 26.5 Å². The minimum absolute atomic E-state index is 0.284. The quantitative estimate of drug-likeness (QED) is 0.516. The summed E-state index contributed by atoms with van der Waals surface area (Å²) in [6.45, 7) is 5.31. The van der Waals surface area contributed by atoms with E-state index in [2.05, 4.69) is 18.5 Å². The zero-order valence-corrected chi connectivity index (χ0v) is 9.13. The Bertz CT molecular complexity index is 88.2. The van der Waals surface area contributed by atoms with Gasteiger partial charge >= 0.3 is 0 Å². The van der Waals surface area contributed by atoms with E-state index in [1.54, 1.807) is 0 Å². The molecule has 0 aliphatic rings. The highest BCUT2D eigenvalue weighted by Gasteiger charge is 2.03. The van der Waals surface area contributed by atoms with Crippen molar-refractivity contribution in [3.05, 3.63) is 0 Å². The number of hydrogen-bond acceptors (Lipinski definition) is 2. The third-order valence-electron chi connectivity index (χ3n) is 1.48. The van der Waals surface area contributed by atoms with Crippen LogP contribution in [0.4, 0.5) is 0 Å². The van der Waals surface area contributed by atoms with E-state index in [-0.39, 0.29) is 5.38 Å². The molecule has 1 nitrogen and oxygen atoms in total. The molecule has 0 fully saturated rings. The molecule has 2 unspecified atom stereocenters. The van der Waals surface area contributed by atoms with Gasteiger partial charge in [0, 0.05) is 23.7 Å². The highest BCUT2D eigenvalue weighted by molar-refractivity contribution is 7.98. The lowest BCUT2D eigenvalue weighted by Crippen LogP contribution is -2.29. The normalized spacial score (nSPS) is 16.4. The Labute approximate surface area is 79.3 Å². The maximum absolute atomic E-state index is 5.84. The summed E-state index contributed by atoms with van der Waals surface area (Å²) in [5.41, 5.74) is 0. The summed E-state index contributed by atoms with van der Waals surface area (Å²) >= 11 is 7.71. The zero-order valence-electron chi connectivity index (χ0n) is 7.56. The van der Waals surface area contributed by atoms with Crippen LogP contribution < -0.4 is 5.32 Å². The monoisotopic (exact) mass is 195 g/mol. The molecular formula is C8H18ClNS. The highest BCUT2D eigenvalue weighted by atomic mass is 35.5.